The number of anilines is 1. The van der Waals surface area contributed by atoms with Gasteiger partial charge >= 0.3 is 5.97 Å². The number of aryl methyl sites for hydroxylation is 2. The van der Waals surface area contributed by atoms with E-state index in [2.05, 4.69) is 10.1 Å². The molecule has 1 aromatic rings. The molecule has 0 spiro atoms. The molecule has 0 aliphatic rings. The van der Waals surface area contributed by atoms with Gasteiger partial charge in [0.2, 0.25) is 0 Å². The van der Waals surface area contributed by atoms with E-state index in [1.54, 1.807) is 0 Å². The Morgan fingerprint density at radius 1 is 1.35 bits per heavy atom. The van der Waals surface area contributed by atoms with Crippen LogP contribution in [0.2, 0.25) is 5.02 Å². The molecule has 0 unspecified atom stereocenters. The number of ether oxygens (including phenoxy) is 1. The Balaban J connectivity index is 2.96. The highest BCUT2D eigenvalue weighted by Gasteiger charge is 2.05. The summed E-state index contributed by atoms with van der Waals surface area (Å²) in [6, 6.07) is 3.75. The summed E-state index contributed by atoms with van der Waals surface area (Å²) in [5.74, 6) is -0.376. The maximum absolute atomic E-state index is 11.1. The molecule has 0 atom stereocenters. The van der Waals surface area contributed by atoms with Crippen LogP contribution in [0.1, 0.15) is 18.1 Å². The van der Waals surface area contributed by atoms with Crippen molar-refractivity contribution in [3.63, 3.8) is 0 Å². The molecule has 4 heteroatoms. The third-order valence-corrected chi connectivity index (χ3v) is 2.57. The highest BCUT2D eigenvalue weighted by molar-refractivity contribution is 6.30. The molecule has 0 saturated heterocycles. The molecule has 1 aromatic carbocycles. The SMILES string of the molecule is COC(=O)/C=C(/C)Nc1c(C)cc(Cl)cc1C. The molecule has 0 radical (unpaired) electrons. The molecule has 0 aliphatic heterocycles. The van der Waals surface area contributed by atoms with Gasteiger partial charge in [-0.15, -0.1) is 0 Å². The maximum atomic E-state index is 11.1. The van der Waals surface area contributed by atoms with Crippen molar-refractivity contribution >= 4 is 23.3 Å². The zero-order chi connectivity index (χ0) is 13.0. The number of benzene rings is 1. The van der Waals surface area contributed by atoms with E-state index in [1.165, 1.54) is 13.2 Å². The van der Waals surface area contributed by atoms with Gasteiger partial charge in [0.15, 0.2) is 0 Å². The van der Waals surface area contributed by atoms with Crippen molar-refractivity contribution in [3.05, 3.63) is 40.1 Å². The number of carbonyl (C=O) groups is 1. The predicted molar refractivity (Wildman–Crippen MR) is 70.3 cm³/mol. The van der Waals surface area contributed by atoms with Gasteiger partial charge in [0, 0.05) is 22.5 Å². The van der Waals surface area contributed by atoms with Gasteiger partial charge in [0.1, 0.15) is 0 Å². The Morgan fingerprint density at radius 2 is 1.88 bits per heavy atom. The summed E-state index contributed by atoms with van der Waals surface area (Å²) in [5.41, 5.74) is 3.76. The van der Waals surface area contributed by atoms with E-state index in [-0.39, 0.29) is 5.97 Å². The molecule has 0 aromatic heterocycles. The minimum absolute atomic E-state index is 0.376. The number of methoxy groups -OCH3 is 1. The third kappa shape index (κ3) is 3.79. The van der Waals surface area contributed by atoms with Crippen LogP contribution >= 0.6 is 11.6 Å². The van der Waals surface area contributed by atoms with Crippen LogP contribution in [0.25, 0.3) is 0 Å². The third-order valence-electron chi connectivity index (χ3n) is 2.36. The fourth-order valence-electron chi connectivity index (χ4n) is 1.58. The Labute approximate surface area is 106 Å². The molecule has 0 saturated carbocycles. The van der Waals surface area contributed by atoms with E-state index in [9.17, 15) is 4.79 Å². The van der Waals surface area contributed by atoms with Crippen LogP contribution in [0, 0.1) is 13.8 Å². The van der Waals surface area contributed by atoms with Gasteiger partial charge in [-0.1, -0.05) is 11.6 Å². The molecule has 0 amide bonds. The van der Waals surface area contributed by atoms with Crippen molar-refractivity contribution in [2.75, 3.05) is 12.4 Å². The van der Waals surface area contributed by atoms with Gasteiger partial charge < -0.3 is 10.1 Å². The van der Waals surface area contributed by atoms with E-state index in [0.717, 1.165) is 22.5 Å². The smallest absolute Gasteiger partial charge is 0.332 e. The molecule has 0 bridgehead atoms. The first-order chi connectivity index (χ1) is 7.93. The summed E-state index contributed by atoms with van der Waals surface area (Å²) >= 11 is 5.95. The molecule has 17 heavy (non-hydrogen) atoms. The number of rotatable bonds is 3. The minimum Gasteiger partial charge on any atom is -0.466 e. The number of carbonyl (C=O) groups excluding carboxylic acids is 1. The van der Waals surface area contributed by atoms with E-state index in [4.69, 9.17) is 11.6 Å². The van der Waals surface area contributed by atoms with Crippen molar-refractivity contribution in [3.8, 4) is 0 Å². The largest absolute Gasteiger partial charge is 0.466 e. The summed E-state index contributed by atoms with van der Waals surface area (Å²) in [6.45, 7) is 5.74. The number of allylic oxidation sites excluding steroid dienone is 1. The second-order valence-corrected chi connectivity index (χ2v) is 4.33. The fourth-order valence-corrected chi connectivity index (χ4v) is 1.90. The van der Waals surface area contributed by atoms with Crippen molar-refractivity contribution in [1.29, 1.82) is 0 Å². The van der Waals surface area contributed by atoms with Crippen molar-refractivity contribution in [2.24, 2.45) is 0 Å². The van der Waals surface area contributed by atoms with Gasteiger partial charge in [0.25, 0.3) is 0 Å². The minimum atomic E-state index is -0.376. The van der Waals surface area contributed by atoms with Crippen LogP contribution in [0.15, 0.2) is 23.9 Å². The molecule has 92 valence electrons. The topological polar surface area (TPSA) is 38.3 Å². The predicted octanol–water partition coefficient (Wildman–Crippen LogP) is 3.45. The number of halogens is 1. The lowest BCUT2D eigenvalue weighted by atomic mass is 10.1. The zero-order valence-electron chi connectivity index (χ0n) is 10.4. The molecular weight excluding hydrogens is 238 g/mol. The molecular formula is C13H16ClNO2. The lowest BCUT2D eigenvalue weighted by molar-refractivity contribution is -0.134. The standard InChI is InChI=1S/C13H16ClNO2/c1-8-5-11(14)6-9(2)13(8)15-10(3)7-12(16)17-4/h5-7,15H,1-4H3/b10-7-. The number of nitrogens with one attached hydrogen (secondary N) is 1. The van der Waals surface area contributed by atoms with Gasteiger partial charge in [-0.3, -0.25) is 0 Å². The van der Waals surface area contributed by atoms with E-state index >= 15 is 0 Å². The van der Waals surface area contributed by atoms with Crippen LogP contribution in [0.4, 0.5) is 5.69 Å². The Hall–Kier alpha value is -1.48. The quantitative estimate of drug-likeness (QED) is 0.662. The van der Waals surface area contributed by atoms with E-state index in [0.29, 0.717) is 5.02 Å². The van der Waals surface area contributed by atoms with E-state index in [1.807, 2.05) is 32.9 Å². The van der Waals surface area contributed by atoms with Crippen molar-refractivity contribution in [2.45, 2.75) is 20.8 Å². The molecule has 0 heterocycles. The second-order valence-electron chi connectivity index (χ2n) is 3.89. The molecule has 1 rings (SSSR count). The molecule has 0 fully saturated rings. The van der Waals surface area contributed by atoms with Gasteiger partial charge in [-0.2, -0.15) is 0 Å². The fraction of sp³-hybridized carbons (Fsp3) is 0.308. The average Bonchev–Trinajstić information content (AvgIpc) is 2.23. The van der Waals surface area contributed by atoms with Crippen molar-refractivity contribution in [1.82, 2.24) is 0 Å². The van der Waals surface area contributed by atoms with E-state index < -0.39 is 0 Å². The van der Waals surface area contributed by atoms with Crippen molar-refractivity contribution < 1.29 is 9.53 Å². The highest BCUT2D eigenvalue weighted by Crippen LogP contribution is 2.25. The highest BCUT2D eigenvalue weighted by atomic mass is 35.5. The van der Waals surface area contributed by atoms with Crippen LogP contribution in [-0.2, 0) is 9.53 Å². The average molecular weight is 254 g/mol. The number of hydrogen-bond donors (Lipinski definition) is 1. The van der Waals surface area contributed by atoms with Gasteiger partial charge in [0.05, 0.1) is 7.11 Å². The number of esters is 1. The van der Waals surface area contributed by atoms with Crippen LogP contribution in [-0.4, -0.2) is 13.1 Å². The Kier molecular flexibility index (Phi) is 4.58. The number of hydrogen-bond acceptors (Lipinski definition) is 3. The first-order valence-electron chi connectivity index (χ1n) is 5.24. The Bertz CT molecular complexity index is 443. The summed E-state index contributed by atoms with van der Waals surface area (Å²) in [7, 11) is 1.35. The molecule has 3 nitrogen and oxygen atoms in total. The first kappa shape index (κ1) is 13.6. The second kappa shape index (κ2) is 5.73. The lowest BCUT2D eigenvalue weighted by Crippen LogP contribution is -2.04. The summed E-state index contributed by atoms with van der Waals surface area (Å²) < 4.78 is 4.56. The Morgan fingerprint density at radius 3 is 2.35 bits per heavy atom. The first-order valence-corrected chi connectivity index (χ1v) is 5.62. The maximum Gasteiger partial charge on any atom is 0.332 e. The summed E-state index contributed by atoms with van der Waals surface area (Å²) in [5, 5.41) is 3.88. The van der Waals surface area contributed by atoms with Gasteiger partial charge in [-0.05, 0) is 44.0 Å². The summed E-state index contributed by atoms with van der Waals surface area (Å²) in [4.78, 5) is 11.1. The van der Waals surface area contributed by atoms with Crippen LogP contribution in [0.3, 0.4) is 0 Å². The zero-order valence-corrected chi connectivity index (χ0v) is 11.2. The monoisotopic (exact) mass is 253 g/mol. The molecule has 1 N–H and O–H groups in total. The van der Waals surface area contributed by atoms with Gasteiger partial charge in [-0.25, -0.2) is 4.79 Å². The summed E-state index contributed by atoms with van der Waals surface area (Å²) in [6.07, 6.45) is 1.41. The normalized spacial score (nSPS) is 11.2. The van der Waals surface area contributed by atoms with Crippen LogP contribution in [0.5, 0.6) is 0 Å². The van der Waals surface area contributed by atoms with Crippen LogP contribution < -0.4 is 5.32 Å². The lowest BCUT2D eigenvalue weighted by Gasteiger charge is -2.13. The molecule has 0 aliphatic carbocycles.